The SMILES string of the molecule is COCc1nc(CCNS(=O)(=O)c2c(C)n[nH]c2C)cs1. The van der Waals surface area contributed by atoms with Crippen LogP contribution in [0.1, 0.15) is 22.1 Å². The standard InChI is InChI=1S/C12H18N4O3S2/c1-8-12(9(2)16-15-8)21(17,18)13-5-4-10-7-20-11(14-10)6-19-3/h7,13H,4-6H2,1-3H3,(H,15,16). The quantitative estimate of drug-likeness (QED) is 0.794. The van der Waals surface area contributed by atoms with Crippen LogP contribution in [0.5, 0.6) is 0 Å². The Kier molecular flexibility index (Phi) is 5.09. The normalized spacial score (nSPS) is 12.0. The van der Waals surface area contributed by atoms with E-state index in [0.29, 0.717) is 31.0 Å². The van der Waals surface area contributed by atoms with Gasteiger partial charge in [-0.1, -0.05) is 0 Å². The number of nitrogens with one attached hydrogen (secondary N) is 2. The van der Waals surface area contributed by atoms with Crippen LogP contribution in [0.25, 0.3) is 0 Å². The van der Waals surface area contributed by atoms with Crippen LogP contribution in [0.15, 0.2) is 10.3 Å². The molecule has 0 spiro atoms. The first-order valence-electron chi connectivity index (χ1n) is 6.37. The summed E-state index contributed by atoms with van der Waals surface area (Å²) in [4.78, 5) is 4.58. The minimum atomic E-state index is -3.54. The maximum atomic E-state index is 12.2. The molecule has 7 nitrogen and oxygen atoms in total. The summed E-state index contributed by atoms with van der Waals surface area (Å²) >= 11 is 1.51. The topological polar surface area (TPSA) is 97.0 Å². The van der Waals surface area contributed by atoms with Crippen molar-refractivity contribution in [2.45, 2.75) is 31.8 Å². The number of hydrogen-bond donors (Lipinski definition) is 2. The summed E-state index contributed by atoms with van der Waals surface area (Å²) < 4.78 is 32.0. The molecule has 0 aliphatic carbocycles. The van der Waals surface area contributed by atoms with E-state index in [1.807, 2.05) is 5.38 Å². The van der Waals surface area contributed by atoms with Crippen LogP contribution in [0.4, 0.5) is 0 Å². The number of ether oxygens (including phenoxy) is 1. The molecule has 2 aromatic rings. The molecule has 0 aliphatic heterocycles. The molecule has 2 heterocycles. The van der Waals surface area contributed by atoms with Crippen molar-refractivity contribution < 1.29 is 13.2 Å². The zero-order valence-electron chi connectivity index (χ0n) is 12.1. The summed E-state index contributed by atoms with van der Waals surface area (Å²) in [5.74, 6) is 0. The van der Waals surface area contributed by atoms with Crippen molar-refractivity contribution >= 4 is 21.4 Å². The van der Waals surface area contributed by atoms with Gasteiger partial charge in [0.15, 0.2) is 0 Å². The van der Waals surface area contributed by atoms with E-state index in [0.717, 1.165) is 10.7 Å². The van der Waals surface area contributed by atoms with Gasteiger partial charge in [-0.05, 0) is 13.8 Å². The van der Waals surface area contributed by atoms with E-state index in [9.17, 15) is 8.42 Å². The maximum Gasteiger partial charge on any atom is 0.244 e. The lowest BCUT2D eigenvalue weighted by atomic mass is 10.3. The average Bonchev–Trinajstić information content (AvgIpc) is 2.97. The Labute approximate surface area is 127 Å². The van der Waals surface area contributed by atoms with Gasteiger partial charge in [-0.25, -0.2) is 18.1 Å². The fourth-order valence-electron chi connectivity index (χ4n) is 1.98. The van der Waals surface area contributed by atoms with E-state index in [-0.39, 0.29) is 4.90 Å². The number of aryl methyl sites for hydroxylation is 2. The molecular weight excluding hydrogens is 312 g/mol. The number of H-pyrrole nitrogens is 1. The summed E-state index contributed by atoms with van der Waals surface area (Å²) in [6.07, 6.45) is 0.537. The molecule has 9 heteroatoms. The molecule has 116 valence electrons. The molecule has 0 amide bonds. The molecule has 2 rings (SSSR count). The van der Waals surface area contributed by atoms with Crippen LogP contribution >= 0.6 is 11.3 Å². The van der Waals surface area contributed by atoms with Crippen molar-refractivity contribution in [1.82, 2.24) is 19.9 Å². The lowest BCUT2D eigenvalue weighted by molar-refractivity contribution is 0.184. The van der Waals surface area contributed by atoms with Gasteiger partial charge in [0.25, 0.3) is 0 Å². The van der Waals surface area contributed by atoms with E-state index in [1.165, 1.54) is 11.3 Å². The highest BCUT2D eigenvalue weighted by molar-refractivity contribution is 7.89. The molecule has 21 heavy (non-hydrogen) atoms. The first-order chi connectivity index (χ1) is 9.94. The van der Waals surface area contributed by atoms with Crippen LogP contribution < -0.4 is 4.72 Å². The van der Waals surface area contributed by atoms with Crippen molar-refractivity contribution in [3.8, 4) is 0 Å². The first kappa shape index (κ1) is 16.1. The maximum absolute atomic E-state index is 12.2. The summed E-state index contributed by atoms with van der Waals surface area (Å²) in [7, 11) is -1.93. The summed E-state index contributed by atoms with van der Waals surface area (Å²) in [5.41, 5.74) is 1.86. The summed E-state index contributed by atoms with van der Waals surface area (Å²) in [6.45, 7) is 4.12. The van der Waals surface area contributed by atoms with Gasteiger partial charge in [0.05, 0.1) is 23.7 Å². The highest BCUT2D eigenvalue weighted by atomic mass is 32.2. The minimum absolute atomic E-state index is 0.223. The van der Waals surface area contributed by atoms with Gasteiger partial charge in [0.1, 0.15) is 9.90 Å². The second-order valence-corrected chi connectivity index (χ2v) is 7.22. The third kappa shape index (κ3) is 3.88. The van der Waals surface area contributed by atoms with Crippen LogP contribution in [0.3, 0.4) is 0 Å². The fourth-order valence-corrected chi connectivity index (χ4v) is 4.17. The van der Waals surface area contributed by atoms with Crippen molar-refractivity contribution in [1.29, 1.82) is 0 Å². The predicted octanol–water partition coefficient (Wildman–Crippen LogP) is 1.15. The third-order valence-electron chi connectivity index (χ3n) is 2.87. The molecule has 0 atom stereocenters. The molecule has 0 bridgehead atoms. The number of hydrogen-bond acceptors (Lipinski definition) is 6. The van der Waals surface area contributed by atoms with Crippen LogP contribution in [-0.2, 0) is 27.8 Å². The molecule has 0 saturated heterocycles. The molecule has 0 fully saturated rings. The zero-order chi connectivity index (χ0) is 15.5. The number of aromatic amines is 1. The van der Waals surface area contributed by atoms with Crippen LogP contribution in [-0.4, -0.2) is 37.3 Å². The van der Waals surface area contributed by atoms with E-state index in [2.05, 4.69) is 19.9 Å². The Hall–Kier alpha value is -1.29. The second kappa shape index (κ2) is 6.65. The monoisotopic (exact) mass is 330 g/mol. The molecule has 2 aromatic heterocycles. The highest BCUT2D eigenvalue weighted by Gasteiger charge is 2.21. The van der Waals surface area contributed by atoms with Gasteiger partial charge < -0.3 is 4.74 Å². The molecule has 0 aromatic carbocycles. The molecule has 0 saturated carbocycles. The Morgan fingerprint density at radius 1 is 1.43 bits per heavy atom. The van der Waals surface area contributed by atoms with Gasteiger partial charge in [-0.15, -0.1) is 11.3 Å². The molecule has 0 unspecified atom stereocenters. The second-order valence-electron chi connectivity index (χ2n) is 4.58. The Morgan fingerprint density at radius 3 is 2.81 bits per heavy atom. The van der Waals surface area contributed by atoms with Crippen LogP contribution in [0.2, 0.25) is 0 Å². The lowest BCUT2D eigenvalue weighted by Crippen LogP contribution is -2.27. The van der Waals surface area contributed by atoms with Gasteiger partial charge in [-0.2, -0.15) is 5.10 Å². The number of sulfonamides is 1. The molecule has 0 aliphatic rings. The van der Waals surface area contributed by atoms with Crippen molar-refractivity contribution in [2.24, 2.45) is 0 Å². The largest absolute Gasteiger partial charge is 0.378 e. The number of aromatic nitrogens is 3. The van der Waals surface area contributed by atoms with Crippen molar-refractivity contribution in [3.05, 3.63) is 27.5 Å². The van der Waals surface area contributed by atoms with E-state index in [1.54, 1.807) is 21.0 Å². The van der Waals surface area contributed by atoms with Gasteiger partial charge >= 0.3 is 0 Å². The Balaban J connectivity index is 1.96. The lowest BCUT2D eigenvalue weighted by Gasteiger charge is -2.05. The minimum Gasteiger partial charge on any atom is -0.378 e. The molecular formula is C12H18N4O3S2. The zero-order valence-corrected chi connectivity index (χ0v) is 13.8. The highest BCUT2D eigenvalue weighted by Crippen LogP contribution is 2.16. The Morgan fingerprint density at radius 2 is 2.19 bits per heavy atom. The fraction of sp³-hybridized carbons (Fsp3) is 0.500. The number of rotatable bonds is 7. The molecule has 0 radical (unpaired) electrons. The summed E-state index contributed by atoms with van der Waals surface area (Å²) in [6, 6.07) is 0. The van der Waals surface area contributed by atoms with E-state index >= 15 is 0 Å². The first-order valence-corrected chi connectivity index (χ1v) is 8.73. The number of thiazole rings is 1. The van der Waals surface area contributed by atoms with Crippen molar-refractivity contribution in [3.63, 3.8) is 0 Å². The van der Waals surface area contributed by atoms with Gasteiger partial charge in [0.2, 0.25) is 10.0 Å². The van der Waals surface area contributed by atoms with E-state index < -0.39 is 10.0 Å². The predicted molar refractivity (Wildman–Crippen MR) is 79.8 cm³/mol. The average molecular weight is 330 g/mol. The number of methoxy groups -OCH3 is 1. The summed E-state index contributed by atoms with van der Waals surface area (Å²) in [5, 5.41) is 9.38. The Bertz CT molecular complexity index is 686. The van der Waals surface area contributed by atoms with Gasteiger partial charge in [-0.3, -0.25) is 5.10 Å². The van der Waals surface area contributed by atoms with Gasteiger partial charge in [0, 0.05) is 25.5 Å². The molecule has 2 N–H and O–H groups in total. The smallest absolute Gasteiger partial charge is 0.244 e. The number of nitrogens with zero attached hydrogens (tertiary/aromatic N) is 2. The van der Waals surface area contributed by atoms with E-state index in [4.69, 9.17) is 4.74 Å². The van der Waals surface area contributed by atoms with Crippen molar-refractivity contribution in [2.75, 3.05) is 13.7 Å². The van der Waals surface area contributed by atoms with Crippen LogP contribution in [0, 0.1) is 13.8 Å². The third-order valence-corrected chi connectivity index (χ3v) is 5.46.